The molecular formula is C17H20F3N5O. The third-order valence-corrected chi connectivity index (χ3v) is 4.36. The second-order valence-electron chi connectivity index (χ2n) is 6.25. The van der Waals surface area contributed by atoms with E-state index in [-0.39, 0.29) is 5.69 Å². The van der Waals surface area contributed by atoms with Gasteiger partial charge in [0.1, 0.15) is 0 Å². The standard InChI is InChI=1S/C17H20F3N5O/c1-12-5-3-4-6-14(12)24-7-9-25(10-8-24)16(26)21-13-11-23(2)22-15(13)17(18,19)20/h3-6,11H,7-10H2,1-2H3,(H,21,26). The highest BCUT2D eigenvalue weighted by molar-refractivity contribution is 5.90. The second-order valence-corrected chi connectivity index (χ2v) is 6.25. The normalized spacial score (nSPS) is 15.3. The molecule has 1 N–H and O–H groups in total. The predicted molar refractivity (Wildman–Crippen MR) is 92.2 cm³/mol. The molecule has 0 spiro atoms. The number of aromatic nitrogens is 2. The summed E-state index contributed by atoms with van der Waals surface area (Å²) >= 11 is 0. The summed E-state index contributed by atoms with van der Waals surface area (Å²) in [5.74, 6) is 0. The molecule has 2 aromatic rings. The first kappa shape index (κ1) is 18.1. The summed E-state index contributed by atoms with van der Waals surface area (Å²) in [5, 5.41) is 5.73. The number of alkyl halides is 3. The summed E-state index contributed by atoms with van der Waals surface area (Å²) in [4.78, 5) is 16.0. The van der Waals surface area contributed by atoms with E-state index < -0.39 is 17.9 Å². The number of urea groups is 1. The van der Waals surface area contributed by atoms with Crippen LogP contribution in [0.3, 0.4) is 0 Å². The van der Waals surface area contributed by atoms with Gasteiger partial charge in [-0.2, -0.15) is 18.3 Å². The van der Waals surface area contributed by atoms with Crippen molar-refractivity contribution in [2.75, 3.05) is 36.4 Å². The molecule has 1 aromatic carbocycles. The van der Waals surface area contributed by atoms with Gasteiger partial charge in [0.15, 0.2) is 5.69 Å². The molecule has 140 valence electrons. The first-order valence-electron chi connectivity index (χ1n) is 8.23. The summed E-state index contributed by atoms with van der Waals surface area (Å²) in [6.07, 6.45) is -3.46. The average molecular weight is 367 g/mol. The van der Waals surface area contributed by atoms with Crippen molar-refractivity contribution in [2.24, 2.45) is 7.05 Å². The summed E-state index contributed by atoms with van der Waals surface area (Å²) < 4.78 is 40.0. The van der Waals surface area contributed by atoms with Crippen LogP contribution in [0.5, 0.6) is 0 Å². The van der Waals surface area contributed by atoms with Crippen LogP contribution in [0.25, 0.3) is 0 Å². The number of rotatable bonds is 2. The van der Waals surface area contributed by atoms with Crippen LogP contribution >= 0.6 is 0 Å². The zero-order valence-electron chi connectivity index (χ0n) is 14.5. The minimum atomic E-state index is -4.62. The van der Waals surface area contributed by atoms with Gasteiger partial charge in [0.2, 0.25) is 0 Å². The van der Waals surface area contributed by atoms with Crippen LogP contribution in [0.2, 0.25) is 0 Å². The molecule has 1 aromatic heterocycles. The van der Waals surface area contributed by atoms with Crippen LogP contribution in [-0.4, -0.2) is 46.9 Å². The summed E-state index contributed by atoms with van der Waals surface area (Å²) in [6.45, 7) is 4.13. The molecule has 0 radical (unpaired) electrons. The number of piperazine rings is 1. The molecule has 0 unspecified atom stereocenters. The number of nitrogens with zero attached hydrogens (tertiary/aromatic N) is 4. The molecule has 1 saturated heterocycles. The number of carbonyl (C=O) groups excluding carboxylic acids is 1. The Morgan fingerprint density at radius 1 is 1.15 bits per heavy atom. The van der Waals surface area contributed by atoms with Gasteiger partial charge in [-0.1, -0.05) is 18.2 Å². The number of halogens is 3. The molecule has 0 aliphatic carbocycles. The van der Waals surface area contributed by atoms with E-state index in [0.717, 1.165) is 22.1 Å². The van der Waals surface area contributed by atoms with Gasteiger partial charge in [-0.25, -0.2) is 4.79 Å². The van der Waals surface area contributed by atoms with Crippen LogP contribution < -0.4 is 10.2 Å². The van der Waals surface area contributed by atoms with E-state index in [1.54, 1.807) is 0 Å². The van der Waals surface area contributed by atoms with E-state index in [0.29, 0.717) is 26.2 Å². The zero-order chi connectivity index (χ0) is 18.9. The highest BCUT2D eigenvalue weighted by Gasteiger charge is 2.38. The molecule has 1 fully saturated rings. The molecule has 26 heavy (non-hydrogen) atoms. The molecule has 2 amide bonds. The highest BCUT2D eigenvalue weighted by Crippen LogP contribution is 2.33. The fraction of sp³-hybridized carbons (Fsp3) is 0.412. The van der Waals surface area contributed by atoms with Crippen molar-refractivity contribution in [3.8, 4) is 0 Å². The van der Waals surface area contributed by atoms with E-state index in [1.807, 2.05) is 31.2 Å². The van der Waals surface area contributed by atoms with E-state index >= 15 is 0 Å². The predicted octanol–water partition coefficient (Wildman–Crippen LogP) is 3.10. The Bertz CT molecular complexity index is 794. The Morgan fingerprint density at radius 2 is 1.81 bits per heavy atom. The first-order chi connectivity index (χ1) is 12.3. The van der Waals surface area contributed by atoms with Crippen molar-refractivity contribution < 1.29 is 18.0 Å². The fourth-order valence-corrected chi connectivity index (χ4v) is 3.05. The van der Waals surface area contributed by atoms with E-state index in [2.05, 4.69) is 15.3 Å². The van der Waals surface area contributed by atoms with Crippen LogP contribution in [0, 0.1) is 6.92 Å². The van der Waals surface area contributed by atoms with Crippen molar-refractivity contribution in [1.82, 2.24) is 14.7 Å². The quantitative estimate of drug-likeness (QED) is 0.888. The third kappa shape index (κ3) is 3.76. The molecule has 9 heteroatoms. The van der Waals surface area contributed by atoms with Gasteiger partial charge >= 0.3 is 12.2 Å². The van der Waals surface area contributed by atoms with Gasteiger partial charge in [0.25, 0.3) is 0 Å². The Hall–Kier alpha value is -2.71. The Labute approximate surface area is 149 Å². The summed E-state index contributed by atoms with van der Waals surface area (Å²) in [6, 6.07) is 7.43. The zero-order valence-corrected chi connectivity index (χ0v) is 14.5. The minimum Gasteiger partial charge on any atom is -0.368 e. The van der Waals surface area contributed by atoms with Gasteiger partial charge in [0, 0.05) is 45.1 Å². The minimum absolute atomic E-state index is 0.327. The van der Waals surface area contributed by atoms with E-state index in [9.17, 15) is 18.0 Å². The largest absolute Gasteiger partial charge is 0.437 e. The SMILES string of the molecule is Cc1ccccc1N1CCN(C(=O)Nc2cn(C)nc2C(F)(F)F)CC1. The lowest BCUT2D eigenvalue weighted by Crippen LogP contribution is -2.50. The third-order valence-electron chi connectivity index (χ3n) is 4.36. The number of benzene rings is 1. The van der Waals surface area contributed by atoms with Gasteiger partial charge in [-0.3, -0.25) is 4.68 Å². The van der Waals surface area contributed by atoms with Gasteiger partial charge in [0.05, 0.1) is 5.69 Å². The van der Waals surface area contributed by atoms with Crippen molar-refractivity contribution in [3.05, 3.63) is 41.7 Å². The monoisotopic (exact) mass is 367 g/mol. The molecule has 1 aliphatic heterocycles. The number of hydrogen-bond acceptors (Lipinski definition) is 3. The van der Waals surface area contributed by atoms with Gasteiger partial charge in [-0.05, 0) is 18.6 Å². The fourth-order valence-electron chi connectivity index (χ4n) is 3.05. The maximum atomic E-state index is 13.0. The van der Waals surface area contributed by atoms with Crippen LogP contribution in [0.4, 0.5) is 29.3 Å². The summed E-state index contributed by atoms with van der Waals surface area (Å²) in [5.41, 5.74) is 0.841. The molecular weight excluding hydrogens is 347 g/mol. The van der Waals surface area contributed by atoms with E-state index in [4.69, 9.17) is 0 Å². The molecule has 2 heterocycles. The maximum absolute atomic E-state index is 13.0. The lowest BCUT2D eigenvalue weighted by Gasteiger charge is -2.36. The van der Waals surface area contributed by atoms with Crippen molar-refractivity contribution >= 4 is 17.4 Å². The van der Waals surface area contributed by atoms with Gasteiger partial charge < -0.3 is 15.1 Å². The molecule has 6 nitrogen and oxygen atoms in total. The van der Waals surface area contributed by atoms with Crippen LogP contribution in [-0.2, 0) is 13.2 Å². The Kier molecular flexibility index (Phi) is 4.80. The van der Waals surface area contributed by atoms with Gasteiger partial charge in [-0.15, -0.1) is 0 Å². The van der Waals surface area contributed by atoms with E-state index in [1.165, 1.54) is 11.9 Å². The second kappa shape index (κ2) is 6.89. The van der Waals surface area contributed by atoms with Crippen LogP contribution in [0.15, 0.2) is 30.5 Å². The number of aryl methyl sites for hydroxylation is 2. The molecule has 0 saturated carbocycles. The van der Waals surface area contributed by atoms with Crippen molar-refractivity contribution in [3.63, 3.8) is 0 Å². The maximum Gasteiger partial charge on any atom is 0.437 e. The van der Waals surface area contributed by atoms with Crippen molar-refractivity contribution in [2.45, 2.75) is 13.1 Å². The molecule has 3 rings (SSSR count). The first-order valence-corrected chi connectivity index (χ1v) is 8.23. The molecule has 0 atom stereocenters. The number of hydrogen-bond donors (Lipinski definition) is 1. The lowest BCUT2D eigenvalue weighted by atomic mass is 10.1. The van der Waals surface area contributed by atoms with Crippen LogP contribution in [0.1, 0.15) is 11.3 Å². The smallest absolute Gasteiger partial charge is 0.368 e. The number of carbonyl (C=O) groups is 1. The Balaban J connectivity index is 1.64. The lowest BCUT2D eigenvalue weighted by molar-refractivity contribution is -0.140. The number of amides is 2. The summed E-state index contributed by atoms with van der Waals surface area (Å²) in [7, 11) is 1.38. The number of nitrogens with one attached hydrogen (secondary N) is 1. The molecule has 1 aliphatic rings. The van der Waals surface area contributed by atoms with Crippen molar-refractivity contribution in [1.29, 1.82) is 0 Å². The number of anilines is 2. The average Bonchev–Trinajstić information content (AvgIpc) is 2.96. The number of para-hydroxylation sites is 1. The highest BCUT2D eigenvalue weighted by atomic mass is 19.4. The molecule has 0 bridgehead atoms. The topological polar surface area (TPSA) is 53.4 Å². The Morgan fingerprint density at radius 3 is 2.42 bits per heavy atom.